The van der Waals surface area contributed by atoms with E-state index in [1.54, 1.807) is 10.4 Å². The molecule has 2 saturated heterocycles. The van der Waals surface area contributed by atoms with Crippen LogP contribution in [0.5, 0.6) is 0 Å². The van der Waals surface area contributed by atoms with Crippen LogP contribution in [0.1, 0.15) is 31.4 Å². The molecule has 1 aromatic rings. The summed E-state index contributed by atoms with van der Waals surface area (Å²) in [7, 11) is -3.48. The minimum atomic E-state index is -3.48. The van der Waals surface area contributed by atoms with E-state index in [0.29, 0.717) is 50.7 Å². The van der Waals surface area contributed by atoms with Crippen molar-refractivity contribution in [1.29, 1.82) is 0 Å². The van der Waals surface area contributed by atoms with E-state index in [9.17, 15) is 13.2 Å². The lowest BCUT2D eigenvalue weighted by Gasteiger charge is -2.38. The summed E-state index contributed by atoms with van der Waals surface area (Å²) in [6.45, 7) is 7.54. The van der Waals surface area contributed by atoms with Gasteiger partial charge in [-0.2, -0.15) is 4.31 Å². The van der Waals surface area contributed by atoms with Crippen molar-refractivity contribution in [2.24, 2.45) is 0 Å². The van der Waals surface area contributed by atoms with Gasteiger partial charge in [-0.15, -0.1) is 0 Å². The highest BCUT2D eigenvalue weighted by Gasteiger charge is 2.32. The summed E-state index contributed by atoms with van der Waals surface area (Å²) in [6, 6.07) is 5.57. The molecule has 160 valence electrons. The standard InChI is InChI=1S/C21H31N3O4S/c1-16-13-23(14-17(2)28-16)21(25)15-22-8-10-24(11-9-22)29(26,27)20-7-6-18-4-3-5-19(18)12-20/h6-7,12,16-17H,3-5,8-11,13-15H2,1-2H3/t16-,17-/m0/s1. The lowest BCUT2D eigenvalue weighted by molar-refractivity contribution is -0.144. The van der Waals surface area contributed by atoms with Crippen LogP contribution in [0.15, 0.2) is 23.1 Å². The highest BCUT2D eigenvalue weighted by Crippen LogP contribution is 2.26. The first-order valence-corrected chi connectivity index (χ1v) is 12.0. The summed E-state index contributed by atoms with van der Waals surface area (Å²) in [4.78, 5) is 17.0. The first kappa shape index (κ1) is 20.8. The van der Waals surface area contributed by atoms with E-state index in [0.717, 1.165) is 19.3 Å². The number of amides is 1. The number of benzene rings is 1. The molecule has 1 aliphatic carbocycles. The predicted molar refractivity (Wildman–Crippen MR) is 110 cm³/mol. The Hall–Kier alpha value is -1.48. The van der Waals surface area contributed by atoms with Gasteiger partial charge >= 0.3 is 0 Å². The molecule has 0 spiro atoms. The van der Waals surface area contributed by atoms with Crippen molar-refractivity contribution in [3.05, 3.63) is 29.3 Å². The molecule has 1 aromatic carbocycles. The van der Waals surface area contributed by atoms with Gasteiger partial charge in [-0.1, -0.05) is 6.07 Å². The molecule has 0 N–H and O–H groups in total. The van der Waals surface area contributed by atoms with E-state index < -0.39 is 10.0 Å². The van der Waals surface area contributed by atoms with Crippen LogP contribution >= 0.6 is 0 Å². The molecule has 8 heteroatoms. The molecular weight excluding hydrogens is 390 g/mol. The molecule has 0 radical (unpaired) electrons. The third-order valence-electron chi connectivity index (χ3n) is 6.17. The second-order valence-corrected chi connectivity index (χ2v) is 10.5. The number of rotatable bonds is 4. The molecule has 7 nitrogen and oxygen atoms in total. The van der Waals surface area contributed by atoms with Crippen LogP contribution in [-0.4, -0.2) is 86.5 Å². The molecule has 1 amide bonds. The number of carbonyl (C=O) groups excluding carboxylic acids is 1. The fourth-order valence-electron chi connectivity index (χ4n) is 4.66. The Kier molecular flexibility index (Phi) is 5.97. The molecule has 0 unspecified atom stereocenters. The van der Waals surface area contributed by atoms with Crippen molar-refractivity contribution in [3.63, 3.8) is 0 Å². The van der Waals surface area contributed by atoms with Crippen LogP contribution in [0.25, 0.3) is 0 Å². The molecule has 2 aliphatic heterocycles. The van der Waals surface area contributed by atoms with Crippen LogP contribution < -0.4 is 0 Å². The quantitative estimate of drug-likeness (QED) is 0.729. The zero-order valence-corrected chi connectivity index (χ0v) is 18.2. The highest BCUT2D eigenvalue weighted by molar-refractivity contribution is 7.89. The van der Waals surface area contributed by atoms with Gasteiger partial charge in [0.15, 0.2) is 0 Å². The van der Waals surface area contributed by atoms with Gasteiger partial charge in [0.1, 0.15) is 0 Å². The third kappa shape index (κ3) is 4.50. The highest BCUT2D eigenvalue weighted by atomic mass is 32.2. The number of hydrogen-bond donors (Lipinski definition) is 0. The maximum atomic E-state index is 13.1. The van der Waals surface area contributed by atoms with Gasteiger partial charge in [-0.25, -0.2) is 8.42 Å². The Morgan fingerprint density at radius 3 is 2.38 bits per heavy atom. The van der Waals surface area contributed by atoms with E-state index >= 15 is 0 Å². The monoisotopic (exact) mass is 421 g/mol. The van der Waals surface area contributed by atoms with Crippen molar-refractivity contribution in [2.45, 2.75) is 50.2 Å². The normalized spacial score (nSPS) is 26.5. The summed E-state index contributed by atoms with van der Waals surface area (Å²) in [5.41, 5.74) is 2.45. The van der Waals surface area contributed by atoms with Crippen LogP contribution in [0.2, 0.25) is 0 Å². The van der Waals surface area contributed by atoms with Crippen molar-refractivity contribution < 1.29 is 17.9 Å². The molecule has 0 bridgehead atoms. The van der Waals surface area contributed by atoms with Gasteiger partial charge in [0.25, 0.3) is 0 Å². The largest absolute Gasteiger partial charge is 0.372 e. The summed E-state index contributed by atoms with van der Waals surface area (Å²) in [6.07, 6.45) is 3.22. The SMILES string of the molecule is C[C@H]1CN(C(=O)CN2CCN(S(=O)(=O)c3ccc4c(c3)CCC4)CC2)C[C@H](C)O1. The molecule has 29 heavy (non-hydrogen) atoms. The number of nitrogens with zero attached hydrogens (tertiary/aromatic N) is 3. The van der Waals surface area contributed by atoms with E-state index in [1.165, 1.54) is 11.1 Å². The average molecular weight is 422 g/mol. The predicted octanol–water partition coefficient (Wildman–Crippen LogP) is 1.12. The lowest BCUT2D eigenvalue weighted by Crippen LogP contribution is -2.54. The van der Waals surface area contributed by atoms with Gasteiger partial charge in [0, 0.05) is 39.3 Å². The van der Waals surface area contributed by atoms with Gasteiger partial charge in [-0.3, -0.25) is 9.69 Å². The van der Waals surface area contributed by atoms with Gasteiger partial charge in [0.2, 0.25) is 15.9 Å². The second-order valence-electron chi connectivity index (χ2n) is 8.52. The fraction of sp³-hybridized carbons (Fsp3) is 0.667. The maximum absolute atomic E-state index is 13.1. The number of sulfonamides is 1. The maximum Gasteiger partial charge on any atom is 0.243 e. The number of piperazine rings is 1. The van der Waals surface area contributed by atoms with Crippen LogP contribution in [0.4, 0.5) is 0 Å². The van der Waals surface area contributed by atoms with Crippen LogP contribution in [0.3, 0.4) is 0 Å². The number of hydrogen-bond acceptors (Lipinski definition) is 5. The Labute approximate surface area is 173 Å². The third-order valence-corrected chi connectivity index (χ3v) is 8.06. The molecule has 0 aromatic heterocycles. The van der Waals surface area contributed by atoms with Gasteiger partial charge < -0.3 is 9.64 Å². The average Bonchev–Trinajstić information content (AvgIpc) is 3.15. The number of morpholine rings is 1. The fourth-order valence-corrected chi connectivity index (χ4v) is 6.13. The summed E-state index contributed by atoms with van der Waals surface area (Å²) in [5, 5.41) is 0. The van der Waals surface area contributed by atoms with Gasteiger partial charge in [-0.05, 0) is 56.4 Å². The van der Waals surface area contributed by atoms with E-state index in [-0.39, 0.29) is 18.1 Å². The van der Waals surface area contributed by atoms with E-state index in [2.05, 4.69) is 4.90 Å². The zero-order valence-electron chi connectivity index (χ0n) is 17.3. The summed E-state index contributed by atoms with van der Waals surface area (Å²) in [5.74, 6) is 0.0990. The Morgan fingerprint density at radius 1 is 1.03 bits per heavy atom. The molecular formula is C21H31N3O4S. The molecule has 2 atom stereocenters. The number of ether oxygens (including phenoxy) is 1. The van der Waals surface area contributed by atoms with Crippen LogP contribution in [0, 0.1) is 0 Å². The first-order chi connectivity index (χ1) is 13.8. The zero-order chi connectivity index (χ0) is 20.6. The first-order valence-electron chi connectivity index (χ1n) is 10.6. The molecule has 2 fully saturated rings. The van der Waals surface area contributed by atoms with E-state index in [1.807, 2.05) is 30.9 Å². The molecule has 2 heterocycles. The molecule has 4 rings (SSSR count). The molecule has 0 saturated carbocycles. The topological polar surface area (TPSA) is 70.2 Å². The number of fused-ring (bicyclic) bond motifs is 1. The number of carbonyl (C=O) groups is 1. The number of aryl methyl sites for hydroxylation is 2. The summed E-state index contributed by atoms with van der Waals surface area (Å²) >= 11 is 0. The van der Waals surface area contributed by atoms with Crippen LogP contribution in [-0.2, 0) is 32.4 Å². The Balaban J connectivity index is 1.33. The summed E-state index contributed by atoms with van der Waals surface area (Å²) < 4.78 is 33.4. The van der Waals surface area contributed by atoms with Crippen molar-refractivity contribution in [2.75, 3.05) is 45.8 Å². The van der Waals surface area contributed by atoms with Crippen molar-refractivity contribution in [3.8, 4) is 0 Å². The second kappa shape index (κ2) is 8.34. The van der Waals surface area contributed by atoms with Crippen molar-refractivity contribution >= 4 is 15.9 Å². The van der Waals surface area contributed by atoms with Crippen molar-refractivity contribution in [1.82, 2.24) is 14.1 Å². The minimum absolute atomic E-state index is 0.0528. The Morgan fingerprint density at radius 2 is 1.69 bits per heavy atom. The Bertz CT molecular complexity index is 855. The molecule has 3 aliphatic rings. The minimum Gasteiger partial charge on any atom is -0.372 e. The van der Waals surface area contributed by atoms with E-state index in [4.69, 9.17) is 4.74 Å². The van der Waals surface area contributed by atoms with Gasteiger partial charge in [0.05, 0.1) is 23.6 Å². The smallest absolute Gasteiger partial charge is 0.243 e. The lowest BCUT2D eigenvalue weighted by atomic mass is 10.1.